The third-order valence-corrected chi connectivity index (χ3v) is 2.22. The SMILES string of the molecule is COC(=O)[C@@H](N)COC(=O)Nc1ccc([N+](=O)[O-])cc1. The minimum atomic E-state index is -1.07. The van der Waals surface area contributed by atoms with Gasteiger partial charge in [-0.25, -0.2) is 4.79 Å². The molecule has 0 bridgehead atoms. The van der Waals surface area contributed by atoms with Crippen molar-refractivity contribution in [2.24, 2.45) is 5.73 Å². The lowest BCUT2D eigenvalue weighted by Gasteiger charge is -2.10. The van der Waals surface area contributed by atoms with E-state index in [0.29, 0.717) is 5.69 Å². The number of nitro benzene ring substituents is 1. The number of carbonyl (C=O) groups is 2. The Labute approximate surface area is 113 Å². The molecule has 0 aromatic heterocycles. The lowest BCUT2D eigenvalue weighted by atomic mass is 10.3. The number of methoxy groups -OCH3 is 1. The number of rotatable bonds is 5. The fourth-order valence-electron chi connectivity index (χ4n) is 1.21. The number of benzene rings is 1. The largest absolute Gasteiger partial charge is 0.468 e. The Balaban J connectivity index is 2.46. The number of nitro groups is 1. The van der Waals surface area contributed by atoms with Crippen LogP contribution < -0.4 is 11.1 Å². The summed E-state index contributed by atoms with van der Waals surface area (Å²) in [6.45, 7) is -0.342. The fourth-order valence-corrected chi connectivity index (χ4v) is 1.21. The van der Waals surface area contributed by atoms with E-state index in [2.05, 4.69) is 10.1 Å². The number of ether oxygens (including phenoxy) is 2. The minimum absolute atomic E-state index is 0.100. The van der Waals surface area contributed by atoms with E-state index < -0.39 is 23.0 Å². The number of carbonyl (C=O) groups excluding carboxylic acids is 2. The summed E-state index contributed by atoms with van der Waals surface area (Å²) in [5.74, 6) is -0.701. The molecule has 1 aromatic rings. The van der Waals surface area contributed by atoms with Gasteiger partial charge in [-0.15, -0.1) is 0 Å². The molecule has 0 radical (unpaired) electrons. The van der Waals surface area contributed by atoms with E-state index in [4.69, 9.17) is 10.5 Å². The van der Waals surface area contributed by atoms with Gasteiger partial charge in [0.15, 0.2) is 0 Å². The van der Waals surface area contributed by atoms with Crippen LogP contribution >= 0.6 is 0 Å². The highest BCUT2D eigenvalue weighted by atomic mass is 16.6. The number of non-ortho nitro benzene ring substituents is 1. The summed E-state index contributed by atoms with van der Waals surface area (Å²) in [4.78, 5) is 32.2. The summed E-state index contributed by atoms with van der Waals surface area (Å²) >= 11 is 0. The molecule has 108 valence electrons. The molecule has 1 rings (SSSR count). The predicted octanol–water partition coefficient (Wildman–Crippen LogP) is 0.644. The molecular weight excluding hydrogens is 270 g/mol. The molecule has 0 fully saturated rings. The van der Waals surface area contributed by atoms with Gasteiger partial charge in [0.2, 0.25) is 0 Å². The van der Waals surface area contributed by atoms with E-state index >= 15 is 0 Å². The molecule has 0 aliphatic rings. The number of hydrogen-bond acceptors (Lipinski definition) is 7. The van der Waals surface area contributed by atoms with Crippen LogP contribution in [0.5, 0.6) is 0 Å². The third kappa shape index (κ3) is 4.53. The highest BCUT2D eigenvalue weighted by Crippen LogP contribution is 2.15. The molecular formula is C11H13N3O6. The van der Waals surface area contributed by atoms with Gasteiger partial charge in [0.25, 0.3) is 5.69 Å². The van der Waals surface area contributed by atoms with E-state index in [1.165, 1.54) is 31.4 Å². The molecule has 1 atom stereocenters. The second-order valence-electron chi connectivity index (χ2n) is 3.66. The van der Waals surface area contributed by atoms with Gasteiger partial charge >= 0.3 is 12.1 Å². The Morgan fingerprint density at radius 2 is 2.00 bits per heavy atom. The lowest BCUT2D eigenvalue weighted by molar-refractivity contribution is -0.384. The Bertz CT molecular complexity index is 501. The second-order valence-corrected chi connectivity index (χ2v) is 3.66. The molecule has 0 spiro atoms. The summed E-state index contributed by atoms with van der Waals surface area (Å²) in [6.07, 6.45) is -0.835. The molecule has 9 nitrogen and oxygen atoms in total. The smallest absolute Gasteiger partial charge is 0.411 e. The number of amides is 1. The molecule has 0 saturated carbocycles. The number of nitrogens with one attached hydrogen (secondary N) is 1. The van der Waals surface area contributed by atoms with Crippen LogP contribution in [0.3, 0.4) is 0 Å². The van der Waals surface area contributed by atoms with Crippen LogP contribution in [0.15, 0.2) is 24.3 Å². The Morgan fingerprint density at radius 1 is 1.40 bits per heavy atom. The zero-order valence-corrected chi connectivity index (χ0v) is 10.6. The maximum atomic E-state index is 11.4. The molecule has 0 heterocycles. The normalized spacial score (nSPS) is 11.3. The third-order valence-electron chi connectivity index (χ3n) is 2.22. The quantitative estimate of drug-likeness (QED) is 0.460. The molecule has 0 saturated heterocycles. The summed E-state index contributed by atoms with van der Waals surface area (Å²) in [6, 6.07) is 4.09. The van der Waals surface area contributed by atoms with E-state index in [1.54, 1.807) is 0 Å². The monoisotopic (exact) mass is 283 g/mol. The molecule has 0 aliphatic carbocycles. The maximum absolute atomic E-state index is 11.4. The number of anilines is 1. The zero-order valence-electron chi connectivity index (χ0n) is 10.6. The molecule has 1 aromatic carbocycles. The highest BCUT2D eigenvalue weighted by molar-refractivity contribution is 5.85. The first kappa shape index (κ1) is 15.4. The van der Waals surface area contributed by atoms with Crippen molar-refractivity contribution in [3.05, 3.63) is 34.4 Å². The van der Waals surface area contributed by atoms with E-state index in [-0.39, 0.29) is 12.3 Å². The van der Waals surface area contributed by atoms with Crippen molar-refractivity contribution in [3.63, 3.8) is 0 Å². The zero-order chi connectivity index (χ0) is 15.1. The molecule has 20 heavy (non-hydrogen) atoms. The van der Waals surface area contributed by atoms with E-state index in [9.17, 15) is 19.7 Å². The lowest BCUT2D eigenvalue weighted by Crippen LogP contribution is -2.37. The van der Waals surface area contributed by atoms with Gasteiger partial charge in [-0.1, -0.05) is 0 Å². The van der Waals surface area contributed by atoms with Crippen LogP contribution in [-0.4, -0.2) is 36.7 Å². The van der Waals surface area contributed by atoms with Crippen molar-refractivity contribution in [1.29, 1.82) is 0 Å². The summed E-state index contributed by atoms with van der Waals surface area (Å²) in [5, 5.41) is 12.8. The summed E-state index contributed by atoms with van der Waals surface area (Å²) in [5.41, 5.74) is 5.58. The first-order valence-electron chi connectivity index (χ1n) is 5.45. The topological polar surface area (TPSA) is 134 Å². The first-order chi connectivity index (χ1) is 9.43. The first-order valence-corrected chi connectivity index (χ1v) is 5.45. The van der Waals surface area contributed by atoms with Crippen LogP contribution in [0.4, 0.5) is 16.2 Å². The molecule has 0 unspecified atom stereocenters. The highest BCUT2D eigenvalue weighted by Gasteiger charge is 2.16. The van der Waals surface area contributed by atoms with Crippen molar-refractivity contribution in [2.45, 2.75) is 6.04 Å². The van der Waals surface area contributed by atoms with Crippen LogP contribution in [0.2, 0.25) is 0 Å². The standard InChI is InChI=1S/C11H13N3O6/c1-19-10(15)9(12)6-20-11(16)13-7-2-4-8(5-3-7)14(17)18/h2-5,9H,6,12H2,1H3,(H,13,16)/t9-/m0/s1. The minimum Gasteiger partial charge on any atom is -0.468 e. The Morgan fingerprint density at radius 3 is 2.50 bits per heavy atom. The molecule has 1 amide bonds. The number of nitrogens with two attached hydrogens (primary N) is 1. The van der Waals surface area contributed by atoms with Crippen molar-refractivity contribution < 1.29 is 24.0 Å². The van der Waals surface area contributed by atoms with Crippen molar-refractivity contribution >= 4 is 23.4 Å². The van der Waals surface area contributed by atoms with Gasteiger partial charge in [0.1, 0.15) is 12.6 Å². The van der Waals surface area contributed by atoms with Gasteiger partial charge in [-0.3, -0.25) is 20.2 Å². The number of hydrogen-bond donors (Lipinski definition) is 2. The number of esters is 1. The summed E-state index contributed by atoms with van der Waals surface area (Å²) < 4.78 is 9.06. The van der Waals surface area contributed by atoms with Gasteiger partial charge in [-0.05, 0) is 12.1 Å². The average Bonchev–Trinajstić information content (AvgIpc) is 2.44. The van der Waals surface area contributed by atoms with Crippen LogP contribution in [0.25, 0.3) is 0 Å². The molecule has 0 aliphatic heterocycles. The fraction of sp³-hybridized carbons (Fsp3) is 0.273. The van der Waals surface area contributed by atoms with Gasteiger partial charge in [0.05, 0.1) is 12.0 Å². The molecule has 9 heteroatoms. The van der Waals surface area contributed by atoms with Gasteiger partial charge in [0, 0.05) is 17.8 Å². The van der Waals surface area contributed by atoms with Crippen molar-refractivity contribution in [3.8, 4) is 0 Å². The van der Waals surface area contributed by atoms with Crippen molar-refractivity contribution in [1.82, 2.24) is 0 Å². The second kappa shape index (κ2) is 7.04. The van der Waals surface area contributed by atoms with Gasteiger partial charge in [-0.2, -0.15) is 0 Å². The van der Waals surface area contributed by atoms with Crippen LogP contribution in [0, 0.1) is 10.1 Å². The van der Waals surface area contributed by atoms with E-state index in [0.717, 1.165) is 0 Å². The van der Waals surface area contributed by atoms with Gasteiger partial charge < -0.3 is 15.2 Å². The van der Waals surface area contributed by atoms with Crippen molar-refractivity contribution in [2.75, 3.05) is 19.0 Å². The Kier molecular flexibility index (Phi) is 5.42. The summed E-state index contributed by atoms with van der Waals surface area (Å²) in [7, 11) is 1.17. The van der Waals surface area contributed by atoms with Crippen LogP contribution in [-0.2, 0) is 14.3 Å². The Hall–Kier alpha value is -2.68. The average molecular weight is 283 g/mol. The van der Waals surface area contributed by atoms with Crippen LogP contribution in [0.1, 0.15) is 0 Å². The maximum Gasteiger partial charge on any atom is 0.411 e. The number of nitrogens with zero attached hydrogens (tertiary/aromatic N) is 1. The molecule has 3 N–H and O–H groups in total. The van der Waals surface area contributed by atoms with E-state index in [1.807, 2.05) is 0 Å². The predicted molar refractivity (Wildman–Crippen MR) is 68.1 cm³/mol.